The lowest BCUT2D eigenvalue weighted by atomic mass is 10.1. The van der Waals surface area contributed by atoms with E-state index in [-0.39, 0.29) is 0 Å². The maximum absolute atomic E-state index is 3.41. The van der Waals surface area contributed by atoms with Gasteiger partial charge in [-0.2, -0.15) is 0 Å². The Balaban J connectivity index is 2.51. The number of rotatable bonds is 1. The van der Waals surface area contributed by atoms with E-state index >= 15 is 0 Å². The van der Waals surface area contributed by atoms with E-state index in [1.165, 1.54) is 5.70 Å². The molecule has 0 bridgehead atoms. The van der Waals surface area contributed by atoms with Crippen LogP contribution in [0.4, 0.5) is 0 Å². The molecule has 58 valence electrons. The quantitative estimate of drug-likeness (QED) is 0.569. The number of nitrogens with one attached hydrogen (secondary N) is 2. The van der Waals surface area contributed by atoms with Crippen LogP contribution in [0.1, 0.15) is 20.8 Å². The van der Waals surface area contributed by atoms with Gasteiger partial charge in [-0.3, -0.25) is 0 Å². The Morgan fingerprint density at radius 3 is 2.70 bits per heavy atom. The highest BCUT2D eigenvalue weighted by Crippen LogP contribution is 2.07. The lowest BCUT2D eigenvalue weighted by Crippen LogP contribution is -2.40. The molecular weight excluding hydrogens is 124 g/mol. The van der Waals surface area contributed by atoms with Gasteiger partial charge >= 0.3 is 0 Å². The fourth-order valence-electron chi connectivity index (χ4n) is 1.06. The molecule has 1 rings (SSSR count). The van der Waals surface area contributed by atoms with Crippen molar-refractivity contribution in [3.63, 3.8) is 0 Å². The molecule has 1 unspecified atom stereocenters. The second-order valence-electron chi connectivity index (χ2n) is 3.21. The average Bonchev–Trinajstić information content (AvgIpc) is 1.88. The largest absolute Gasteiger partial charge is 0.387 e. The number of hydrogen-bond donors (Lipinski definition) is 2. The summed E-state index contributed by atoms with van der Waals surface area (Å²) in [6.07, 6.45) is 2.07. The summed E-state index contributed by atoms with van der Waals surface area (Å²) in [7, 11) is 0. The Morgan fingerprint density at radius 1 is 1.60 bits per heavy atom. The van der Waals surface area contributed by atoms with Crippen LogP contribution in [0.5, 0.6) is 0 Å². The maximum Gasteiger partial charge on any atom is 0.0403 e. The Bertz CT molecular complexity index is 138. The molecule has 0 aromatic carbocycles. The van der Waals surface area contributed by atoms with E-state index in [1.807, 2.05) is 0 Å². The predicted octanol–water partition coefficient (Wildman–Crippen LogP) is 1.07. The molecule has 0 aromatic rings. The molecule has 1 atom stereocenters. The molecule has 0 radical (unpaired) electrons. The minimum atomic E-state index is 0.572. The first-order valence-electron chi connectivity index (χ1n) is 3.90. The lowest BCUT2D eigenvalue weighted by Gasteiger charge is -2.25. The molecule has 0 aliphatic carbocycles. The van der Waals surface area contributed by atoms with Crippen LogP contribution in [0.25, 0.3) is 0 Å². The van der Waals surface area contributed by atoms with E-state index < -0.39 is 0 Å². The van der Waals surface area contributed by atoms with Gasteiger partial charge < -0.3 is 10.6 Å². The summed E-state index contributed by atoms with van der Waals surface area (Å²) in [5.41, 5.74) is 1.32. The van der Waals surface area contributed by atoms with Crippen molar-refractivity contribution < 1.29 is 0 Å². The third-order valence-corrected chi connectivity index (χ3v) is 1.72. The zero-order valence-electron chi connectivity index (χ0n) is 6.94. The predicted molar refractivity (Wildman–Crippen MR) is 43.5 cm³/mol. The zero-order valence-corrected chi connectivity index (χ0v) is 6.94. The molecule has 2 N–H and O–H groups in total. The molecule has 2 nitrogen and oxygen atoms in total. The minimum absolute atomic E-state index is 0.572. The van der Waals surface area contributed by atoms with Crippen LogP contribution in [0.15, 0.2) is 11.9 Å². The summed E-state index contributed by atoms with van der Waals surface area (Å²) < 4.78 is 0. The molecule has 0 saturated carbocycles. The van der Waals surface area contributed by atoms with Gasteiger partial charge in [0.25, 0.3) is 0 Å². The van der Waals surface area contributed by atoms with E-state index in [2.05, 4.69) is 37.6 Å². The van der Waals surface area contributed by atoms with Crippen LogP contribution in [-0.4, -0.2) is 12.6 Å². The maximum atomic E-state index is 3.41. The normalized spacial score (nSPS) is 25.2. The summed E-state index contributed by atoms with van der Waals surface area (Å²) in [4.78, 5) is 0. The van der Waals surface area contributed by atoms with Crippen molar-refractivity contribution in [2.45, 2.75) is 26.8 Å². The first-order valence-corrected chi connectivity index (χ1v) is 3.90. The topological polar surface area (TPSA) is 24.1 Å². The van der Waals surface area contributed by atoms with Crippen LogP contribution >= 0.6 is 0 Å². The SMILES string of the molecule is CC1CNC=C(C(C)C)N1. The van der Waals surface area contributed by atoms with Crippen LogP contribution < -0.4 is 10.6 Å². The highest BCUT2D eigenvalue weighted by atomic mass is 15.0. The van der Waals surface area contributed by atoms with Crippen LogP contribution in [-0.2, 0) is 0 Å². The van der Waals surface area contributed by atoms with E-state index in [1.54, 1.807) is 0 Å². The monoisotopic (exact) mass is 140 g/mol. The summed E-state index contributed by atoms with van der Waals surface area (Å²) in [6, 6.07) is 0.572. The fourth-order valence-corrected chi connectivity index (χ4v) is 1.06. The molecular formula is C8H16N2. The Labute approximate surface area is 62.7 Å². The van der Waals surface area contributed by atoms with Crippen molar-refractivity contribution in [2.75, 3.05) is 6.54 Å². The fraction of sp³-hybridized carbons (Fsp3) is 0.750. The highest BCUT2D eigenvalue weighted by molar-refractivity contribution is 5.06. The molecule has 1 aliphatic heterocycles. The molecule has 0 fully saturated rings. The van der Waals surface area contributed by atoms with Gasteiger partial charge in [-0.05, 0) is 12.8 Å². The standard InChI is InChI=1S/C8H16N2/c1-6(2)8-5-9-4-7(3)10-8/h5-7,9-10H,4H2,1-3H3. The van der Waals surface area contributed by atoms with Gasteiger partial charge in [0.1, 0.15) is 0 Å². The summed E-state index contributed by atoms with van der Waals surface area (Å²) in [5.74, 6) is 0.607. The van der Waals surface area contributed by atoms with Crippen molar-refractivity contribution in [3.05, 3.63) is 11.9 Å². The van der Waals surface area contributed by atoms with E-state index in [9.17, 15) is 0 Å². The first kappa shape index (κ1) is 7.45. The van der Waals surface area contributed by atoms with Gasteiger partial charge in [-0.15, -0.1) is 0 Å². The van der Waals surface area contributed by atoms with Gasteiger partial charge in [0, 0.05) is 24.5 Å². The summed E-state index contributed by atoms with van der Waals surface area (Å²) >= 11 is 0. The van der Waals surface area contributed by atoms with Crippen LogP contribution in [0.3, 0.4) is 0 Å². The molecule has 1 heterocycles. The third kappa shape index (κ3) is 1.66. The van der Waals surface area contributed by atoms with Gasteiger partial charge in [0.2, 0.25) is 0 Å². The second kappa shape index (κ2) is 2.95. The van der Waals surface area contributed by atoms with Crippen LogP contribution in [0, 0.1) is 5.92 Å². The lowest BCUT2D eigenvalue weighted by molar-refractivity contribution is 0.504. The number of hydrogen-bond acceptors (Lipinski definition) is 2. The molecule has 0 amide bonds. The van der Waals surface area contributed by atoms with Crippen molar-refractivity contribution in [2.24, 2.45) is 5.92 Å². The van der Waals surface area contributed by atoms with Crippen LogP contribution in [0.2, 0.25) is 0 Å². The molecule has 0 aromatic heterocycles. The number of allylic oxidation sites excluding steroid dienone is 1. The summed E-state index contributed by atoms with van der Waals surface area (Å²) in [6.45, 7) is 7.61. The average molecular weight is 140 g/mol. The highest BCUT2D eigenvalue weighted by Gasteiger charge is 2.10. The smallest absolute Gasteiger partial charge is 0.0403 e. The molecule has 2 heteroatoms. The molecule has 10 heavy (non-hydrogen) atoms. The minimum Gasteiger partial charge on any atom is -0.387 e. The van der Waals surface area contributed by atoms with E-state index in [4.69, 9.17) is 0 Å². The van der Waals surface area contributed by atoms with Crippen molar-refractivity contribution in [3.8, 4) is 0 Å². The summed E-state index contributed by atoms with van der Waals surface area (Å²) in [5, 5.41) is 6.66. The van der Waals surface area contributed by atoms with Gasteiger partial charge in [0.15, 0.2) is 0 Å². The first-order chi connectivity index (χ1) is 4.70. The Morgan fingerprint density at radius 2 is 2.30 bits per heavy atom. The Hall–Kier alpha value is -0.660. The molecule has 1 aliphatic rings. The zero-order chi connectivity index (χ0) is 7.56. The van der Waals surface area contributed by atoms with E-state index in [0.29, 0.717) is 12.0 Å². The molecule has 0 spiro atoms. The van der Waals surface area contributed by atoms with E-state index in [0.717, 1.165) is 6.54 Å². The Kier molecular flexibility index (Phi) is 2.20. The van der Waals surface area contributed by atoms with Crippen molar-refractivity contribution >= 4 is 0 Å². The van der Waals surface area contributed by atoms with Crippen molar-refractivity contribution in [1.29, 1.82) is 0 Å². The van der Waals surface area contributed by atoms with Crippen molar-refractivity contribution in [1.82, 2.24) is 10.6 Å². The van der Waals surface area contributed by atoms with Gasteiger partial charge in [-0.1, -0.05) is 13.8 Å². The van der Waals surface area contributed by atoms with Gasteiger partial charge in [-0.25, -0.2) is 0 Å². The third-order valence-electron chi connectivity index (χ3n) is 1.72. The van der Waals surface area contributed by atoms with Gasteiger partial charge in [0.05, 0.1) is 0 Å². The second-order valence-corrected chi connectivity index (χ2v) is 3.21. The molecule has 0 saturated heterocycles.